The fourth-order valence-electron chi connectivity index (χ4n) is 11.2. The van der Waals surface area contributed by atoms with Gasteiger partial charge in [0.25, 0.3) is 0 Å². The molecule has 2 heterocycles. The zero-order chi connectivity index (χ0) is 44.2. The number of benzene rings is 8. The lowest BCUT2D eigenvalue weighted by Crippen LogP contribution is -2.30. The molecule has 2 aliphatic rings. The van der Waals surface area contributed by atoms with Crippen LogP contribution in [0.2, 0.25) is 0 Å². The Bertz CT molecular complexity index is 3460. The average molecular weight is 850 g/mol. The van der Waals surface area contributed by atoms with Crippen LogP contribution in [0.25, 0.3) is 95.0 Å². The number of hydrogen-bond donors (Lipinski definition) is 0. The summed E-state index contributed by atoms with van der Waals surface area (Å²) in [6.45, 7) is 2.50. The van der Waals surface area contributed by atoms with Gasteiger partial charge in [0.15, 0.2) is 17.5 Å². The molecule has 2 aromatic heterocycles. The zero-order valence-corrected chi connectivity index (χ0v) is 36.9. The number of nitrogens with zero attached hydrogens (tertiary/aromatic N) is 5. The van der Waals surface area contributed by atoms with Gasteiger partial charge in [-0.3, -0.25) is 0 Å². The molecular weight excluding hydrogens is 803 g/mol. The van der Waals surface area contributed by atoms with E-state index in [-0.39, 0.29) is 0 Å². The van der Waals surface area contributed by atoms with Crippen LogP contribution in [0, 0.1) is 23.2 Å². The summed E-state index contributed by atoms with van der Waals surface area (Å²) in [4.78, 5) is 15.5. The van der Waals surface area contributed by atoms with Crippen LogP contribution < -0.4 is 0 Å². The molecule has 5 heteroatoms. The van der Waals surface area contributed by atoms with Crippen LogP contribution in [0.5, 0.6) is 0 Å². The number of rotatable bonds is 8. The SMILES string of the molecule is CC1(c2ccc(-c3ccc(-n4c5ccccc5c5cc(-c6nc(-c7ccc(-c8ccccc8)cc7)nc(-c7cccc(-c8cccc(C#N)c8)c7)n6)ccc54)cc3)cc2)CC2CC[C@H](C2)C1. The summed E-state index contributed by atoms with van der Waals surface area (Å²) in [5, 5.41) is 11.9. The van der Waals surface area contributed by atoms with Gasteiger partial charge in [0.2, 0.25) is 0 Å². The van der Waals surface area contributed by atoms with Crippen LogP contribution in [-0.4, -0.2) is 19.5 Å². The van der Waals surface area contributed by atoms with Crippen LogP contribution in [0.15, 0.2) is 194 Å². The van der Waals surface area contributed by atoms with Gasteiger partial charge in [-0.15, -0.1) is 0 Å². The monoisotopic (exact) mass is 849 g/mol. The van der Waals surface area contributed by atoms with Crippen molar-refractivity contribution in [3.63, 3.8) is 0 Å². The molecule has 0 aliphatic heterocycles. The van der Waals surface area contributed by atoms with Gasteiger partial charge in [0.05, 0.1) is 22.7 Å². The molecule has 2 bridgehead atoms. The Kier molecular flexibility index (Phi) is 9.76. The Balaban J connectivity index is 0.918. The number of aromatic nitrogens is 4. The zero-order valence-electron chi connectivity index (χ0n) is 36.9. The van der Waals surface area contributed by atoms with Crippen molar-refractivity contribution in [3.05, 3.63) is 205 Å². The van der Waals surface area contributed by atoms with Crippen molar-refractivity contribution in [1.82, 2.24) is 19.5 Å². The lowest BCUT2D eigenvalue weighted by molar-refractivity contribution is 0.232. The third-order valence-corrected chi connectivity index (χ3v) is 14.4. The lowest BCUT2D eigenvalue weighted by Gasteiger charge is -2.38. The molecular formula is C61H47N5. The van der Waals surface area contributed by atoms with E-state index < -0.39 is 0 Å². The molecule has 0 N–H and O–H groups in total. The standard InChI is InChI=1S/C61H47N5/c1-61(37-40-17-18-41(33-40)38-61)52-28-23-45(24-29-52)46-25-30-53(31-26-46)66-56-16-6-5-15-54(56)55-36-51(27-32-57(55)66)60-64-58(47-21-19-44(20-22-47)43-10-3-2-4-11-43)63-59(65-60)50-14-8-13-49(35-50)48-12-7-9-42(34-48)39-62/h2-16,19-32,34-36,40-41H,17-18,33,37-38H2,1H3/t40-,41?,61?/m1/s1. The van der Waals surface area contributed by atoms with Crippen molar-refractivity contribution in [3.8, 4) is 79.3 Å². The van der Waals surface area contributed by atoms with E-state index in [4.69, 9.17) is 15.0 Å². The Morgan fingerprint density at radius 1 is 0.455 bits per heavy atom. The number of fused-ring (bicyclic) bond motifs is 5. The summed E-state index contributed by atoms with van der Waals surface area (Å²) in [7, 11) is 0. The third-order valence-electron chi connectivity index (χ3n) is 14.4. The average Bonchev–Trinajstić information content (AvgIpc) is 3.92. The summed E-state index contributed by atoms with van der Waals surface area (Å²) in [5.74, 6) is 3.58. The molecule has 2 aliphatic carbocycles. The van der Waals surface area contributed by atoms with Gasteiger partial charge in [-0.05, 0) is 130 Å². The molecule has 0 amide bonds. The molecule has 0 spiro atoms. The highest BCUT2D eigenvalue weighted by Crippen LogP contribution is 2.52. The maximum absolute atomic E-state index is 9.61. The first-order chi connectivity index (χ1) is 32.4. The molecule has 2 unspecified atom stereocenters. The Hall–Kier alpha value is -7.94. The molecule has 5 nitrogen and oxygen atoms in total. The van der Waals surface area contributed by atoms with E-state index >= 15 is 0 Å². The van der Waals surface area contributed by atoms with Crippen molar-refractivity contribution >= 4 is 21.8 Å². The Morgan fingerprint density at radius 2 is 0.955 bits per heavy atom. The van der Waals surface area contributed by atoms with Crippen molar-refractivity contribution in [2.45, 2.75) is 44.4 Å². The minimum absolute atomic E-state index is 0.297. The predicted molar refractivity (Wildman–Crippen MR) is 269 cm³/mol. The summed E-state index contributed by atoms with van der Waals surface area (Å²) >= 11 is 0. The van der Waals surface area contributed by atoms with Gasteiger partial charge in [-0.1, -0.05) is 159 Å². The second kappa shape index (κ2) is 16.2. The third kappa shape index (κ3) is 7.25. The molecule has 66 heavy (non-hydrogen) atoms. The molecule has 0 saturated heterocycles. The van der Waals surface area contributed by atoms with Crippen LogP contribution in [0.4, 0.5) is 0 Å². The predicted octanol–water partition coefficient (Wildman–Crippen LogP) is 15.3. The van der Waals surface area contributed by atoms with Crippen LogP contribution in [-0.2, 0) is 5.41 Å². The second-order valence-electron chi connectivity index (χ2n) is 18.7. The highest BCUT2D eigenvalue weighted by Gasteiger charge is 2.41. The smallest absolute Gasteiger partial charge is 0.164 e. The molecule has 0 radical (unpaired) electrons. The summed E-state index contributed by atoms with van der Waals surface area (Å²) in [6, 6.07) is 70.7. The van der Waals surface area contributed by atoms with E-state index in [0.29, 0.717) is 28.5 Å². The number of nitriles is 1. The lowest BCUT2D eigenvalue weighted by atomic mass is 9.66. The van der Waals surface area contributed by atoms with Gasteiger partial charge in [-0.25, -0.2) is 15.0 Å². The fraction of sp³-hybridized carbons (Fsp3) is 0.148. The molecule has 2 fully saturated rings. The van der Waals surface area contributed by atoms with E-state index in [0.717, 1.165) is 78.3 Å². The van der Waals surface area contributed by atoms with E-state index in [1.165, 1.54) is 48.8 Å². The summed E-state index contributed by atoms with van der Waals surface area (Å²) < 4.78 is 2.37. The molecule has 12 rings (SSSR count). The summed E-state index contributed by atoms with van der Waals surface area (Å²) in [6.07, 6.45) is 6.94. The first-order valence-corrected chi connectivity index (χ1v) is 23.2. The van der Waals surface area contributed by atoms with Crippen molar-refractivity contribution in [2.75, 3.05) is 0 Å². The largest absolute Gasteiger partial charge is 0.309 e. The second-order valence-corrected chi connectivity index (χ2v) is 18.7. The Morgan fingerprint density at radius 3 is 1.65 bits per heavy atom. The van der Waals surface area contributed by atoms with Crippen molar-refractivity contribution in [1.29, 1.82) is 5.26 Å². The molecule has 8 aromatic carbocycles. The maximum Gasteiger partial charge on any atom is 0.164 e. The molecule has 10 aromatic rings. The normalized spacial score (nSPS) is 17.8. The van der Waals surface area contributed by atoms with E-state index in [2.05, 4.69) is 169 Å². The van der Waals surface area contributed by atoms with Gasteiger partial charge in [-0.2, -0.15) is 5.26 Å². The van der Waals surface area contributed by atoms with Crippen molar-refractivity contribution < 1.29 is 0 Å². The maximum atomic E-state index is 9.61. The van der Waals surface area contributed by atoms with Gasteiger partial charge in [0.1, 0.15) is 0 Å². The first kappa shape index (κ1) is 39.6. The number of hydrogen-bond acceptors (Lipinski definition) is 4. The fourth-order valence-corrected chi connectivity index (χ4v) is 11.2. The summed E-state index contributed by atoms with van der Waals surface area (Å²) in [5.41, 5.74) is 15.2. The molecule has 2 saturated carbocycles. The minimum atomic E-state index is 0.297. The van der Waals surface area contributed by atoms with Gasteiger partial charge >= 0.3 is 0 Å². The highest BCUT2D eigenvalue weighted by molar-refractivity contribution is 6.10. The molecule has 316 valence electrons. The Labute approximate surface area is 385 Å². The molecule has 3 atom stereocenters. The van der Waals surface area contributed by atoms with Gasteiger partial charge < -0.3 is 4.57 Å². The van der Waals surface area contributed by atoms with E-state index in [9.17, 15) is 5.26 Å². The van der Waals surface area contributed by atoms with Crippen LogP contribution >= 0.6 is 0 Å². The minimum Gasteiger partial charge on any atom is -0.309 e. The van der Waals surface area contributed by atoms with E-state index in [1.807, 2.05) is 42.5 Å². The highest BCUT2D eigenvalue weighted by atomic mass is 15.0. The topological polar surface area (TPSA) is 67.4 Å². The van der Waals surface area contributed by atoms with Crippen LogP contribution in [0.3, 0.4) is 0 Å². The quantitative estimate of drug-likeness (QED) is 0.153. The van der Waals surface area contributed by atoms with E-state index in [1.54, 1.807) is 0 Å². The number of para-hydroxylation sites is 1. The van der Waals surface area contributed by atoms with Gasteiger partial charge in [0, 0.05) is 33.2 Å². The van der Waals surface area contributed by atoms with Crippen molar-refractivity contribution in [2.24, 2.45) is 11.8 Å². The van der Waals surface area contributed by atoms with Crippen LogP contribution in [0.1, 0.15) is 50.2 Å². The first-order valence-electron chi connectivity index (χ1n) is 23.2.